The van der Waals surface area contributed by atoms with E-state index in [2.05, 4.69) is 10.3 Å². The Labute approximate surface area is 141 Å². The Balaban J connectivity index is 1.67. The molecule has 8 heteroatoms. The van der Waals surface area contributed by atoms with Crippen LogP contribution in [0, 0.1) is 17.0 Å². The van der Waals surface area contributed by atoms with Gasteiger partial charge in [0.25, 0.3) is 5.69 Å². The zero-order valence-electron chi connectivity index (χ0n) is 12.7. The summed E-state index contributed by atoms with van der Waals surface area (Å²) in [6.07, 6.45) is 0.0672. The summed E-state index contributed by atoms with van der Waals surface area (Å²) in [5.41, 5.74) is 1.03. The molecule has 0 spiro atoms. The van der Waals surface area contributed by atoms with E-state index in [0.29, 0.717) is 23.0 Å². The molecular weight excluding hydrogens is 330 g/mol. The van der Waals surface area contributed by atoms with Crippen molar-refractivity contribution in [2.24, 2.45) is 0 Å². The minimum atomic E-state index is -0.490. The van der Waals surface area contributed by atoms with Crippen molar-refractivity contribution in [3.8, 4) is 10.8 Å². The van der Waals surface area contributed by atoms with Crippen LogP contribution in [-0.4, -0.2) is 15.8 Å². The Kier molecular flexibility index (Phi) is 4.39. The van der Waals surface area contributed by atoms with E-state index in [1.165, 1.54) is 35.6 Å². The van der Waals surface area contributed by atoms with Crippen molar-refractivity contribution < 1.29 is 14.1 Å². The fourth-order valence-electron chi connectivity index (χ4n) is 2.12. The number of aryl methyl sites for hydroxylation is 1. The van der Waals surface area contributed by atoms with Crippen LogP contribution in [0.4, 0.5) is 11.4 Å². The number of nitro benzene ring substituents is 1. The van der Waals surface area contributed by atoms with Crippen LogP contribution in [0.5, 0.6) is 0 Å². The summed E-state index contributed by atoms with van der Waals surface area (Å²) in [5.74, 6) is 0.830. The topological polar surface area (TPSA) is 98.3 Å². The van der Waals surface area contributed by atoms with Gasteiger partial charge in [0.1, 0.15) is 5.76 Å². The number of thiophene rings is 1. The van der Waals surface area contributed by atoms with Crippen LogP contribution < -0.4 is 5.32 Å². The normalized spacial score (nSPS) is 10.5. The lowest BCUT2D eigenvalue weighted by Gasteiger charge is -2.03. The number of anilines is 1. The monoisotopic (exact) mass is 343 g/mol. The SMILES string of the molecule is Cc1oc(-c2cccs2)nc1CC(=O)Nc1ccc([N+](=O)[O-])cc1. The van der Waals surface area contributed by atoms with Crippen LogP contribution in [0.1, 0.15) is 11.5 Å². The van der Waals surface area contributed by atoms with E-state index in [-0.39, 0.29) is 18.0 Å². The van der Waals surface area contributed by atoms with E-state index in [4.69, 9.17) is 4.42 Å². The Hall–Kier alpha value is -3.00. The van der Waals surface area contributed by atoms with Gasteiger partial charge in [-0.05, 0) is 30.5 Å². The lowest BCUT2D eigenvalue weighted by atomic mass is 10.2. The predicted molar refractivity (Wildman–Crippen MR) is 90.0 cm³/mol. The van der Waals surface area contributed by atoms with Crippen LogP contribution in [0.15, 0.2) is 46.2 Å². The summed E-state index contributed by atoms with van der Waals surface area (Å²) in [6.45, 7) is 1.76. The van der Waals surface area contributed by atoms with Crippen LogP contribution in [0.2, 0.25) is 0 Å². The zero-order chi connectivity index (χ0) is 17.1. The number of benzene rings is 1. The summed E-state index contributed by atoms with van der Waals surface area (Å²) >= 11 is 1.51. The predicted octanol–water partition coefficient (Wildman–Crippen LogP) is 3.80. The summed E-state index contributed by atoms with van der Waals surface area (Å²) in [5, 5.41) is 15.2. The average Bonchev–Trinajstić information content (AvgIpc) is 3.18. The molecule has 0 fully saturated rings. The third-order valence-corrected chi connectivity index (χ3v) is 4.17. The van der Waals surface area contributed by atoms with E-state index in [9.17, 15) is 14.9 Å². The van der Waals surface area contributed by atoms with Gasteiger partial charge in [0.15, 0.2) is 0 Å². The Morgan fingerprint density at radius 2 is 2.08 bits per heavy atom. The molecule has 0 bridgehead atoms. The quantitative estimate of drug-likeness (QED) is 0.561. The number of nitrogens with one attached hydrogen (secondary N) is 1. The lowest BCUT2D eigenvalue weighted by Crippen LogP contribution is -2.15. The highest BCUT2D eigenvalue weighted by Crippen LogP contribution is 2.26. The highest BCUT2D eigenvalue weighted by molar-refractivity contribution is 7.13. The van der Waals surface area contributed by atoms with Gasteiger partial charge in [-0.25, -0.2) is 4.98 Å². The van der Waals surface area contributed by atoms with E-state index >= 15 is 0 Å². The molecule has 1 aromatic carbocycles. The van der Waals surface area contributed by atoms with Crippen molar-refractivity contribution in [2.45, 2.75) is 13.3 Å². The number of carbonyl (C=O) groups is 1. The average molecular weight is 343 g/mol. The molecule has 7 nitrogen and oxygen atoms in total. The Morgan fingerprint density at radius 3 is 2.71 bits per heavy atom. The second-order valence-corrected chi connectivity index (χ2v) is 5.98. The van der Waals surface area contributed by atoms with Crippen molar-refractivity contribution in [3.63, 3.8) is 0 Å². The molecule has 2 heterocycles. The van der Waals surface area contributed by atoms with Crippen LogP contribution in [0.25, 0.3) is 10.8 Å². The van der Waals surface area contributed by atoms with Gasteiger partial charge in [0, 0.05) is 17.8 Å². The van der Waals surface area contributed by atoms with E-state index in [0.717, 1.165) is 4.88 Å². The van der Waals surface area contributed by atoms with E-state index in [1.807, 2.05) is 17.5 Å². The summed E-state index contributed by atoms with van der Waals surface area (Å²) in [6, 6.07) is 9.46. The highest BCUT2D eigenvalue weighted by atomic mass is 32.1. The number of nitro groups is 1. The third kappa shape index (κ3) is 3.49. The second-order valence-electron chi connectivity index (χ2n) is 5.03. The van der Waals surface area contributed by atoms with Gasteiger partial charge < -0.3 is 9.73 Å². The van der Waals surface area contributed by atoms with Crippen molar-refractivity contribution in [1.82, 2.24) is 4.98 Å². The van der Waals surface area contributed by atoms with Crippen molar-refractivity contribution in [1.29, 1.82) is 0 Å². The number of rotatable bonds is 5. The van der Waals surface area contributed by atoms with Gasteiger partial charge in [-0.15, -0.1) is 11.3 Å². The molecule has 24 heavy (non-hydrogen) atoms. The molecule has 3 rings (SSSR count). The number of aromatic nitrogens is 1. The third-order valence-electron chi connectivity index (χ3n) is 3.31. The van der Waals surface area contributed by atoms with Gasteiger partial charge in [0.2, 0.25) is 11.8 Å². The molecule has 0 aliphatic heterocycles. The van der Waals surface area contributed by atoms with Gasteiger partial charge in [-0.1, -0.05) is 6.07 Å². The minimum Gasteiger partial charge on any atom is -0.440 e. The fraction of sp³-hybridized carbons (Fsp3) is 0.125. The van der Waals surface area contributed by atoms with Crippen molar-refractivity contribution in [3.05, 3.63) is 63.3 Å². The van der Waals surface area contributed by atoms with E-state index < -0.39 is 4.92 Å². The first-order valence-corrected chi connectivity index (χ1v) is 7.95. The summed E-state index contributed by atoms with van der Waals surface area (Å²) < 4.78 is 5.60. The van der Waals surface area contributed by atoms with Crippen LogP contribution in [0.3, 0.4) is 0 Å². The molecule has 3 aromatic rings. The lowest BCUT2D eigenvalue weighted by molar-refractivity contribution is -0.384. The number of nitrogens with zero attached hydrogens (tertiary/aromatic N) is 2. The molecule has 0 aliphatic carbocycles. The summed E-state index contributed by atoms with van der Waals surface area (Å²) in [4.78, 5) is 27.5. The first-order chi connectivity index (χ1) is 11.5. The van der Waals surface area contributed by atoms with Gasteiger partial charge >= 0.3 is 0 Å². The van der Waals surface area contributed by atoms with Crippen molar-refractivity contribution in [2.75, 3.05) is 5.32 Å². The minimum absolute atomic E-state index is 0.0269. The Morgan fingerprint density at radius 1 is 1.33 bits per heavy atom. The largest absolute Gasteiger partial charge is 0.440 e. The number of amides is 1. The summed E-state index contributed by atoms with van der Waals surface area (Å²) in [7, 11) is 0. The van der Waals surface area contributed by atoms with Gasteiger partial charge in [0.05, 0.1) is 21.9 Å². The first-order valence-electron chi connectivity index (χ1n) is 7.07. The molecule has 0 atom stereocenters. The molecule has 2 aromatic heterocycles. The highest BCUT2D eigenvalue weighted by Gasteiger charge is 2.15. The molecule has 0 radical (unpaired) electrons. The Bertz CT molecular complexity index is 869. The number of oxazole rings is 1. The maximum absolute atomic E-state index is 12.1. The molecular formula is C16H13N3O4S. The standard InChI is InChI=1S/C16H13N3O4S/c1-10-13(18-16(23-10)14-3-2-8-24-14)9-15(20)17-11-4-6-12(7-5-11)19(21)22/h2-8H,9H2,1H3,(H,17,20). The number of non-ortho nitro benzene ring substituents is 1. The zero-order valence-corrected chi connectivity index (χ0v) is 13.5. The number of carbonyl (C=O) groups excluding carboxylic acids is 1. The smallest absolute Gasteiger partial charge is 0.269 e. The molecule has 1 amide bonds. The second kappa shape index (κ2) is 6.63. The van der Waals surface area contributed by atoms with E-state index in [1.54, 1.807) is 6.92 Å². The maximum Gasteiger partial charge on any atom is 0.269 e. The molecule has 0 saturated carbocycles. The first kappa shape index (κ1) is 15.9. The van der Waals surface area contributed by atoms with Gasteiger partial charge in [-0.2, -0.15) is 0 Å². The fourth-order valence-corrected chi connectivity index (χ4v) is 2.77. The molecule has 0 aliphatic rings. The number of hydrogen-bond acceptors (Lipinski definition) is 6. The maximum atomic E-state index is 12.1. The molecule has 0 unspecified atom stereocenters. The van der Waals surface area contributed by atoms with Crippen LogP contribution in [-0.2, 0) is 11.2 Å². The van der Waals surface area contributed by atoms with Gasteiger partial charge in [-0.3, -0.25) is 14.9 Å². The molecule has 1 N–H and O–H groups in total. The number of hydrogen-bond donors (Lipinski definition) is 1. The molecule has 0 saturated heterocycles. The van der Waals surface area contributed by atoms with Crippen molar-refractivity contribution >= 4 is 28.6 Å². The van der Waals surface area contributed by atoms with Crippen LogP contribution >= 0.6 is 11.3 Å². The molecule has 122 valence electrons.